The van der Waals surface area contributed by atoms with Gasteiger partial charge in [-0.05, 0) is 92.3 Å². The van der Waals surface area contributed by atoms with Crippen LogP contribution in [0.2, 0.25) is 0 Å². The average molecular weight is 496 g/mol. The predicted molar refractivity (Wildman–Crippen MR) is 130 cm³/mol. The molecular weight excluding hydrogens is 452 g/mol. The van der Waals surface area contributed by atoms with Gasteiger partial charge in [0.15, 0.2) is 0 Å². The van der Waals surface area contributed by atoms with Crippen LogP contribution in [-0.2, 0) is 19.4 Å². The highest BCUT2D eigenvalue weighted by Crippen LogP contribution is 2.67. The van der Waals surface area contributed by atoms with E-state index in [1.165, 1.54) is 32.1 Å². The number of hydrogen-bond donors (Lipinski definition) is 1. The molecule has 7 heteroatoms. The predicted octanol–water partition coefficient (Wildman–Crippen LogP) is 5.94. The van der Waals surface area contributed by atoms with E-state index < -0.39 is 27.9 Å². The van der Waals surface area contributed by atoms with Crippen LogP contribution in [-0.4, -0.2) is 30.2 Å². The highest BCUT2D eigenvalue weighted by molar-refractivity contribution is 7.80. The zero-order chi connectivity index (χ0) is 24.9. The molecule has 4 aliphatic rings. The monoisotopic (exact) mass is 495 g/mol. The molecule has 0 spiro atoms. The molecule has 0 bridgehead atoms. The Morgan fingerprint density at radius 3 is 2.53 bits per heavy atom. The Morgan fingerprint density at radius 1 is 1.15 bits per heavy atom. The number of carboxylic acids is 1. The van der Waals surface area contributed by atoms with Crippen LogP contribution in [0.1, 0.15) is 98.3 Å². The SMILES string of the molecule is CC(C)CCC[C@@H](C)[C@H]1CC[C@H]2[C@@H]3CC=C4C[C@@H](OS(=O)(=O)[O-])CC[C@]4(C(=O)O)[C@H]3CC[C@]12C. The van der Waals surface area contributed by atoms with Crippen molar-refractivity contribution in [3.8, 4) is 0 Å². The molecule has 34 heavy (non-hydrogen) atoms. The van der Waals surface area contributed by atoms with Crippen molar-refractivity contribution in [2.45, 2.75) is 104 Å². The lowest BCUT2D eigenvalue weighted by molar-refractivity contribution is -0.159. The molecule has 194 valence electrons. The van der Waals surface area contributed by atoms with Crippen LogP contribution in [0, 0.1) is 46.3 Å². The lowest BCUT2D eigenvalue weighted by Gasteiger charge is -2.57. The smallest absolute Gasteiger partial charge is 0.314 e. The van der Waals surface area contributed by atoms with E-state index in [0.717, 1.165) is 30.8 Å². The third-order valence-corrected chi connectivity index (χ3v) is 10.9. The van der Waals surface area contributed by atoms with Gasteiger partial charge in [-0.15, -0.1) is 0 Å². The Morgan fingerprint density at radius 2 is 1.88 bits per heavy atom. The van der Waals surface area contributed by atoms with Crippen molar-refractivity contribution >= 4 is 16.4 Å². The zero-order valence-corrected chi connectivity index (χ0v) is 22.1. The van der Waals surface area contributed by atoms with Crippen LogP contribution in [0.4, 0.5) is 0 Å². The molecular formula is C27H43O6S-. The number of fused-ring (bicyclic) bond motifs is 5. The second-order valence-electron chi connectivity index (χ2n) is 12.5. The number of carbonyl (C=O) groups is 1. The minimum absolute atomic E-state index is 0.0860. The van der Waals surface area contributed by atoms with E-state index in [4.69, 9.17) is 4.18 Å². The van der Waals surface area contributed by atoms with Gasteiger partial charge in [0, 0.05) is 0 Å². The summed E-state index contributed by atoms with van der Waals surface area (Å²) < 4.78 is 38.1. The summed E-state index contributed by atoms with van der Waals surface area (Å²) >= 11 is 0. The van der Waals surface area contributed by atoms with Crippen LogP contribution in [0.15, 0.2) is 11.6 Å². The highest BCUT2D eigenvalue weighted by Gasteiger charge is 2.62. The Balaban J connectivity index is 1.54. The largest absolute Gasteiger partial charge is 0.726 e. The summed E-state index contributed by atoms with van der Waals surface area (Å²) in [5, 5.41) is 10.5. The molecule has 4 rings (SSSR count). The lowest BCUT2D eigenvalue weighted by Crippen LogP contribution is -2.55. The third-order valence-electron chi connectivity index (χ3n) is 10.4. The van der Waals surface area contributed by atoms with Gasteiger partial charge in [-0.25, -0.2) is 8.42 Å². The van der Waals surface area contributed by atoms with Gasteiger partial charge < -0.3 is 9.66 Å². The molecule has 8 atom stereocenters. The van der Waals surface area contributed by atoms with Crippen LogP contribution < -0.4 is 0 Å². The van der Waals surface area contributed by atoms with Gasteiger partial charge >= 0.3 is 5.97 Å². The van der Waals surface area contributed by atoms with Gasteiger partial charge in [0.05, 0.1) is 11.5 Å². The maximum absolute atomic E-state index is 12.8. The summed E-state index contributed by atoms with van der Waals surface area (Å²) in [6.07, 6.45) is 11.4. The van der Waals surface area contributed by atoms with E-state index in [1.807, 2.05) is 0 Å². The van der Waals surface area contributed by atoms with Crippen LogP contribution in [0.5, 0.6) is 0 Å². The normalized spacial score (nSPS) is 40.8. The topological polar surface area (TPSA) is 104 Å². The average Bonchev–Trinajstić information content (AvgIpc) is 3.09. The Labute approximate surface area is 205 Å². The first-order valence-electron chi connectivity index (χ1n) is 13.5. The van der Waals surface area contributed by atoms with Crippen molar-refractivity contribution in [1.82, 2.24) is 0 Å². The van der Waals surface area contributed by atoms with Crippen molar-refractivity contribution in [3.63, 3.8) is 0 Å². The number of rotatable bonds is 8. The van der Waals surface area contributed by atoms with Crippen molar-refractivity contribution in [2.24, 2.45) is 46.3 Å². The number of hydrogen-bond acceptors (Lipinski definition) is 5. The van der Waals surface area contributed by atoms with Crippen molar-refractivity contribution in [1.29, 1.82) is 0 Å². The molecule has 0 aromatic rings. The summed E-state index contributed by atoms with van der Waals surface area (Å²) in [6, 6.07) is 0. The molecule has 4 aliphatic carbocycles. The van der Waals surface area contributed by atoms with Crippen molar-refractivity contribution in [2.75, 3.05) is 0 Å². The van der Waals surface area contributed by atoms with E-state index in [9.17, 15) is 22.9 Å². The summed E-state index contributed by atoms with van der Waals surface area (Å²) in [5.41, 5.74) is 0.138. The second-order valence-corrected chi connectivity index (χ2v) is 13.5. The zero-order valence-electron chi connectivity index (χ0n) is 21.3. The third kappa shape index (κ3) is 4.61. The second kappa shape index (κ2) is 9.51. The van der Waals surface area contributed by atoms with Crippen LogP contribution in [0.3, 0.4) is 0 Å². The lowest BCUT2D eigenvalue weighted by atomic mass is 9.46. The molecule has 3 fully saturated rings. The summed E-state index contributed by atoms with van der Waals surface area (Å²) in [6.45, 7) is 9.51. The Bertz CT molecular complexity index is 910. The summed E-state index contributed by atoms with van der Waals surface area (Å²) in [4.78, 5) is 12.8. The molecule has 3 saturated carbocycles. The highest BCUT2D eigenvalue weighted by atomic mass is 32.3. The van der Waals surface area contributed by atoms with E-state index in [1.54, 1.807) is 0 Å². The fourth-order valence-corrected chi connectivity index (χ4v) is 9.45. The molecule has 0 saturated heterocycles. The molecule has 0 amide bonds. The maximum atomic E-state index is 12.8. The van der Waals surface area contributed by atoms with Crippen LogP contribution >= 0.6 is 0 Å². The van der Waals surface area contributed by atoms with Crippen LogP contribution in [0.25, 0.3) is 0 Å². The van der Waals surface area contributed by atoms with E-state index in [-0.39, 0.29) is 17.8 Å². The number of aliphatic carboxylic acids is 1. The van der Waals surface area contributed by atoms with Gasteiger partial charge in [0.1, 0.15) is 0 Å². The van der Waals surface area contributed by atoms with Gasteiger partial charge in [0.25, 0.3) is 0 Å². The molecule has 6 nitrogen and oxygen atoms in total. The first-order valence-corrected chi connectivity index (χ1v) is 14.8. The fourth-order valence-electron chi connectivity index (χ4n) is 8.95. The summed E-state index contributed by atoms with van der Waals surface area (Å²) in [5.74, 6) is 2.39. The fraction of sp³-hybridized carbons (Fsp3) is 0.889. The van der Waals surface area contributed by atoms with E-state index >= 15 is 0 Å². The van der Waals surface area contributed by atoms with Gasteiger partial charge in [-0.2, -0.15) is 0 Å². The van der Waals surface area contributed by atoms with Crippen molar-refractivity contribution < 1.29 is 27.1 Å². The minimum atomic E-state index is -4.80. The number of carboxylic acid groups (broad SMARTS) is 1. The van der Waals surface area contributed by atoms with Gasteiger partial charge in [0.2, 0.25) is 10.4 Å². The number of allylic oxidation sites excluding steroid dienone is 1. The van der Waals surface area contributed by atoms with E-state index in [0.29, 0.717) is 36.5 Å². The van der Waals surface area contributed by atoms with E-state index in [2.05, 4.69) is 33.8 Å². The first kappa shape index (κ1) is 26.2. The van der Waals surface area contributed by atoms with Gasteiger partial charge in [-0.1, -0.05) is 58.6 Å². The van der Waals surface area contributed by atoms with Crippen molar-refractivity contribution in [3.05, 3.63) is 11.6 Å². The Kier molecular flexibility index (Phi) is 7.32. The maximum Gasteiger partial charge on any atom is 0.314 e. The molecule has 0 unspecified atom stereocenters. The molecule has 1 N–H and O–H groups in total. The molecule has 0 heterocycles. The Hall–Kier alpha value is -0.920. The standard InChI is InChI=1S/C27H44O6S/c1-17(2)6-5-7-18(3)22-10-11-23-21-9-8-19-16-20(33-34(30,31)32)12-15-27(19,25(28)29)24(21)13-14-26(22,23)4/h8,17-18,20-24H,5-7,9-16H2,1-4H3,(H,28,29)(H,30,31,32)/p-1/t18-,20+,21+,22-,23+,24+,26-,27-/m1/s1. The molecule has 0 aliphatic heterocycles. The molecule has 0 aromatic carbocycles. The minimum Gasteiger partial charge on any atom is -0.726 e. The molecule has 0 aromatic heterocycles. The first-order chi connectivity index (χ1) is 15.9. The molecule has 0 radical (unpaired) electrons. The quantitative estimate of drug-likeness (QED) is 0.254. The summed E-state index contributed by atoms with van der Waals surface area (Å²) in [7, 11) is -4.80. The van der Waals surface area contributed by atoms with Gasteiger partial charge in [-0.3, -0.25) is 8.98 Å².